The number of hydrogen-bond acceptors (Lipinski definition) is 6. The molecule has 3 N–H and O–H groups in total. The molecule has 0 unspecified atom stereocenters. The zero-order valence-electron chi connectivity index (χ0n) is 12.3. The maximum atomic E-state index is 12.2. The molecule has 2 aliphatic carbocycles. The van der Waals surface area contributed by atoms with Crippen LogP contribution in [0.5, 0.6) is 0 Å². The summed E-state index contributed by atoms with van der Waals surface area (Å²) in [5.74, 6) is -2.63. The van der Waals surface area contributed by atoms with E-state index >= 15 is 0 Å². The van der Waals surface area contributed by atoms with Gasteiger partial charge in [-0.25, -0.2) is 4.79 Å². The lowest BCUT2D eigenvalue weighted by Crippen LogP contribution is -2.61. The Morgan fingerprint density at radius 3 is 2.57 bits per heavy atom. The van der Waals surface area contributed by atoms with Crippen LogP contribution in [0, 0.1) is 17.3 Å². The minimum absolute atomic E-state index is 0.0487. The molecule has 0 aromatic carbocycles. The van der Waals surface area contributed by atoms with Crippen LogP contribution in [0.15, 0.2) is 12.2 Å². The molecule has 6 nitrogen and oxygen atoms in total. The van der Waals surface area contributed by atoms with Gasteiger partial charge < -0.3 is 20.1 Å². The number of hydrogen-bond donors (Lipinski definition) is 3. The predicted octanol–water partition coefficient (Wildman–Crippen LogP) is -0.196. The number of carbonyl (C=O) groups is 2. The number of ketones is 1. The summed E-state index contributed by atoms with van der Waals surface area (Å²) in [4.78, 5) is 23.8. The highest BCUT2D eigenvalue weighted by atomic mass is 16.5. The van der Waals surface area contributed by atoms with Crippen molar-refractivity contribution in [3.8, 4) is 0 Å². The molecule has 0 aromatic heterocycles. The molecule has 0 bridgehead atoms. The highest BCUT2D eigenvalue weighted by molar-refractivity contribution is 5.89. The summed E-state index contributed by atoms with van der Waals surface area (Å²) in [7, 11) is 1.19. The second-order valence-electron chi connectivity index (χ2n) is 6.31. The van der Waals surface area contributed by atoms with Crippen molar-refractivity contribution in [1.29, 1.82) is 0 Å². The van der Waals surface area contributed by atoms with Gasteiger partial charge in [0.2, 0.25) is 0 Å². The lowest BCUT2D eigenvalue weighted by Gasteiger charge is -2.53. The average molecular weight is 298 g/mol. The van der Waals surface area contributed by atoms with Gasteiger partial charge in [0.1, 0.15) is 5.78 Å². The number of Topliss-reactive ketones (excluding diaryl/α,β-unsaturated/α-hetero) is 1. The third kappa shape index (κ3) is 2.41. The third-order valence-electron chi connectivity index (χ3n) is 5.11. The largest absolute Gasteiger partial charge is 0.466 e. The van der Waals surface area contributed by atoms with Crippen molar-refractivity contribution in [2.24, 2.45) is 17.3 Å². The smallest absolute Gasteiger partial charge is 0.333 e. The van der Waals surface area contributed by atoms with Gasteiger partial charge in [-0.15, -0.1) is 0 Å². The van der Waals surface area contributed by atoms with Crippen LogP contribution in [-0.4, -0.2) is 52.5 Å². The fraction of sp³-hybridized carbons (Fsp3) is 0.733. The van der Waals surface area contributed by atoms with E-state index in [9.17, 15) is 24.9 Å². The lowest BCUT2D eigenvalue weighted by molar-refractivity contribution is -0.178. The second-order valence-corrected chi connectivity index (χ2v) is 6.31. The van der Waals surface area contributed by atoms with Crippen LogP contribution in [-0.2, 0) is 14.3 Å². The van der Waals surface area contributed by atoms with Crippen molar-refractivity contribution in [2.45, 2.75) is 44.5 Å². The van der Waals surface area contributed by atoms with Crippen molar-refractivity contribution < 1.29 is 29.6 Å². The standard InChI is InChI=1S/C15H22O6/c1-7(14(20)21-3)11-9(17)6-15(2)10(18)5-4-8(16)12(15)13(11)19/h9-13,17-19H,1,4-6H2,2-3H3/t9-,10-,11-,12+,13-,15-/m1/s1. The van der Waals surface area contributed by atoms with E-state index in [-0.39, 0.29) is 24.2 Å². The van der Waals surface area contributed by atoms with Crippen molar-refractivity contribution >= 4 is 11.8 Å². The maximum Gasteiger partial charge on any atom is 0.333 e. The molecule has 0 aliphatic heterocycles. The molecule has 2 aliphatic rings. The van der Waals surface area contributed by atoms with Gasteiger partial charge in [-0.1, -0.05) is 13.5 Å². The van der Waals surface area contributed by atoms with Gasteiger partial charge in [-0.2, -0.15) is 0 Å². The number of ether oxygens (including phenoxy) is 1. The van der Waals surface area contributed by atoms with Gasteiger partial charge in [0.25, 0.3) is 0 Å². The van der Waals surface area contributed by atoms with E-state index in [1.807, 2.05) is 0 Å². The fourth-order valence-corrected chi connectivity index (χ4v) is 3.90. The predicted molar refractivity (Wildman–Crippen MR) is 73.1 cm³/mol. The molecule has 2 saturated carbocycles. The number of esters is 1. The summed E-state index contributed by atoms with van der Waals surface area (Å²) < 4.78 is 4.58. The van der Waals surface area contributed by atoms with Gasteiger partial charge in [0, 0.05) is 23.3 Å². The first-order valence-electron chi connectivity index (χ1n) is 7.08. The molecule has 0 radical (unpaired) electrons. The fourth-order valence-electron chi connectivity index (χ4n) is 3.90. The highest BCUT2D eigenvalue weighted by Crippen LogP contribution is 2.51. The first kappa shape index (κ1) is 16.1. The van der Waals surface area contributed by atoms with Crippen LogP contribution in [0.3, 0.4) is 0 Å². The summed E-state index contributed by atoms with van der Waals surface area (Å²) in [6.45, 7) is 5.28. The molecular weight excluding hydrogens is 276 g/mol. The number of carbonyl (C=O) groups excluding carboxylic acids is 2. The quantitative estimate of drug-likeness (QED) is 0.482. The summed E-state index contributed by atoms with van der Waals surface area (Å²) in [5.41, 5.74) is -0.937. The van der Waals surface area contributed by atoms with Crippen LogP contribution in [0.1, 0.15) is 26.2 Å². The Bertz CT molecular complexity index is 473. The molecule has 0 aromatic rings. The molecule has 6 heteroatoms. The molecule has 2 rings (SSSR count). The van der Waals surface area contributed by atoms with E-state index in [0.717, 1.165) is 0 Å². The molecular formula is C15H22O6. The van der Waals surface area contributed by atoms with Crippen molar-refractivity contribution in [2.75, 3.05) is 7.11 Å². The molecule has 0 amide bonds. The Balaban J connectivity index is 2.36. The summed E-state index contributed by atoms with van der Waals surface area (Å²) in [5, 5.41) is 31.1. The summed E-state index contributed by atoms with van der Waals surface area (Å²) >= 11 is 0. The van der Waals surface area contributed by atoms with Crippen LogP contribution in [0.25, 0.3) is 0 Å². The molecule has 2 fully saturated rings. The number of aliphatic hydroxyl groups excluding tert-OH is 3. The van der Waals surface area contributed by atoms with Crippen LogP contribution in [0.2, 0.25) is 0 Å². The first-order chi connectivity index (χ1) is 9.74. The molecule has 0 saturated heterocycles. The molecule has 0 spiro atoms. The summed E-state index contributed by atoms with van der Waals surface area (Å²) in [6, 6.07) is 0. The van der Waals surface area contributed by atoms with Crippen molar-refractivity contribution in [3.63, 3.8) is 0 Å². The van der Waals surface area contributed by atoms with E-state index in [2.05, 4.69) is 11.3 Å². The minimum atomic E-state index is -1.26. The molecule has 0 heterocycles. The van der Waals surface area contributed by atoms with Gasteiger partial charge in [-0.05, 0) is 12.8 Å². The Labute approximate surface area is 123 Å². The van der Waals surface area contributed by atoms with E-state index in [1.165, 1.54) is 7.11 Å². The topological polar surface area (TPSA) is 104 Å². The lowest BCUT2D eigenvalue weighted by atomic mass is 9.54. The zero-order valence-corrected chi connectivity index (χ0v) is 12.3. The first-order valence-corrected chi connectivity index (χ1v) is 7.08. The number of methoxy groups -OCH3 is 1. The Kier molecular flexibility index (Phi) is 4.24. The van der Waals surface area contributed by atoms with Crippen LogP contribution >= 0.6 is 0 Å². The Morgan fingerprint density at radius 1 is 1.38 bits per heavy atom. The monoisotopic (exact) mass is 298 g/mol. The molecule has 118 valence electrons. The molecule has 6 atom stereocenters. The molecule has 21 heavy (non-hydrogen) atoms. The zero-order chi connectivity index (χ0) is 15.9. The Morgan fingerprint density at radius 2 is 2.00 bits per heavy atom. The van der Waals surface area contributed by atoms with E-state index in [0.29, 0.717) is 6.42 Å². The Hall–Kier alpha value is -1.24. The van der Waals surface area contributed by atoms with E-state index < -0.39 is 41.5 Å². The maximum absolute atomic E-state index is 12.2. The number of fused-ring (bicyclic) bond motifs is 1. The average Bonchev–Trinajstić information content (AvgIpc) is 2.41. The number of rotatable bonds is 2. The highest BCUT2D eigenvalue weighted by Gasteiger charge is 2.58. The van der Waals surface area contributed by atoms with Gasteiger partial charge in [-0.3, -0.25) is 4.79 Å². The van der Waals surface area contributed by atoms with Gasteiger partial charge in [0.15, 0.2) is 0 Å². The second kappa shape index (κ2) is 5.51. The van der Waals surface area contributed by atoms with Gasteiger partial charge >= 0.3 is 5.97 Å². The van der Waals surface area contributed by atoms with E-state index in [1.54, 1.807) is 6.92 Å². The van der Waals surface area contributed by atoms with Crippen LogP contribution < -0.4 is 0 Å². The van der Waals surface area contributed by atoms with Gasteiger partial charge in [0.05, 0.1) is 31.3 Å². The SMILES string of the molecule is C=C(C(=O)OC)[C@H]1[C@@H](O)[C@@H]2C(=O)CC[C@@H](O)[C@@]2(C)C[C@H]1O. The third-order valence-corrected chi connectivity index (χ3v) is 5.11. The van der Waals surface area contributed by atoms with E-state index in [4.69, 9.17) is 0 Å². The summed E-state index contributed by atoms with van der Waals surface area (Å²) in [6.07, 6.45) is -2.44. The minimum Gasteiger partial charge on any atom is -0.466 e. The van der Waals surface area contributed by atoms with Crippen LogP contribution in [0.4, 0.5) is 0 Å². The van der Waals surface area contributed by atoms with Crippen molar-refractivity contribution in [1.82, 2.24) is 0 Å². The van der Waals surface area contributed by atoms with Crippen molar-refractivity contribution in [3.05, 3.63) is 12.2 Å². The number of aliphatic hydroxyl groups is 3. The normalized spacial score (nSPS) is 43.1.